The SMILES string of the molecule is Cc1cc2c(nc(N3CCNCC3)n2Cc2ccc(F)c(Cl)c2)c(CNC(=O)CCCCCNC(=O)c2ccc(C(=O)O)c(-c3c4ccc(=O)cc-4oc4cc(O)ccc34)c2)c1C. The van der Waals surface area contributed by atoms with Crippen LogP contribution in [0.5, 0.6) is 5.75 Å². The van der Waals surface area contributed by atoms with Crippen LogP contribution in [0.3, 0.4) is 0 Å². The Morgan fingerprint density at radius 2 is 1.73 bits per heavy atom. The molecule has 1 fully saturated rings. The standard InChI is InChI=1S/C48H46ClFN6O7/c1-27-20-40-45(54-48(55-18-16-51-17-19-55)56(40)26-29-7-14-39(50)38(49)21-29)37(28(27)2)25-53-43(59)6-4-3-5-15-52-46(60)30-8-11-33(47(61)62)36(22-30)44-34-12-9-31(57)23-41(34)63-42-24-32(58)10-13-35(42)44/h7-14,20-24,51,57H,3-6,15-19,25-26H2,1-2H3,(H,52,60)(H,53,59)(H,61,62). The van der Waals surface area contributed by atoms with E-state index in [0.717, 1.165) is 65.4 Å². The Bertz CT molecular complexity index is 2940. The third-order valence-corrected chi connectivity index (χ3v) is 12.0. The van der Waals surface area contributed by atoms with Crippen LogP contribution in [0.1, 0.15) is 68.7 Å². The van der Waals surface area contributed by atoms with Crippen LogP contribution >= 0.6 is 11.6 Å². The summed E-state index contributed by atoms with van der Waals surface area (Å²) in [5.74, 6) is -1.23. The maximum Gasteiger partial charge on any atom is 0.336 e. The van der Waals surface area contributed by atoms with Crippen LogP contribution in [-0.2, 0) is 17.9 Å². The summed E-state index contributed by atoms with van der Waals surface area (Å²) >= 11 is 6.16. The number of fused-ring (bicyclic) bond motifs is 3. The fourth-order valence-corrected chi connectivity index (χ4v) is 8.45. The van der Waals surface area contributed by atoms with E-state index < -0.39 is 17.7 Å². The molecule has 0 radical (unpaired) electrons. The number of amides is 2. The number of rotatable bonds is 14. The van der Waals surface area contributed by atoms with E-state index in [1.165, 1.54) is 48.5 Å². The van der Waals surface area contributed by atoms with Crippen molar-refractivity contribution in [2.24, 2.45) is 0 Å². The fraction of sp³-hybridized carbons (Fsp3) is 0.271. The van der Waals surface area contributed by atoms with Crippen LogP contribution in [0.4, 0.5) is 10.3 Å². The molecule has 4 aromatic carbocycles. The van der Waals surface area contributed by atoms with E-state index in [1.807, 2.05) is 13.8 Å². The highest BCUT2D eigenvalue weighted by Gasteiger charge is 2.25. The number of piperazine rings is 1. The van der Waals surface area contributed by atoms with E-state index in [4.69, 9.17) is 21.0 Å². The van der Waals surface area contributed by atoms with Gasteiger partial charge in [0.05, 0.1) is 28.2 Å². The highest BCUT2D eigenvalue weighted by molar-refractivity contribution is 6.30. The number of hydrogen-bond donors (Lipinski definition) is 5. The molecule has 63 heavy (non-hydrogen) atoms. The molecule has 324 valence electrons. The maximum absolute atomic E-state index is 14.0. The van der Waals surface area contributed by atoms with Gasteiger partial charge in [-0.25, -0.2) is 14.2 Å². The summed E-state index contributed by atoms with van der Waals surface area (Å²) in [6.07, 6.45) is 2.18. The number of halogens is 2. The van der Waals surface area contributed by atoms with Crippen molar-refractivity contribution in [2.45, 2.75) is 52.6 Å². The lowest BCUT2D eigenvalue weighted by molar-refractivity contribution is -0.121. The van der Waals surface area contributed by atoms with Gasteiger partial charge in [-0.05, 0) is 110 Å². The number of phenols is 1. The minimum atomic E-state index is -1.20. The molecule has 1 aliphatic carbocycles. The average Bonchev–Trinajstić information content (AvgIpc) is 3.62. The van der Waals surface area contributed by atoms with E-state index in [9.17, 15) is 33.8 Å². The topological polar surface area (TPSA) is 179 Å². The van der Waals surface area contributed by atoms with Crippen molar-refractivity contribution in [3.63, 3.8) is 0 Å². The predicted octanol–water partition coefficient (Wildman–Crippen LogP) is 7.79. The number of aryl methyl sites for hydroxylation is 1. The number of aromatic carboxylic acids is 1. The Morgan fingerprint density at radius 1 is 0.921 bits per heavy atom. The maximum atomic E-state index is 14.0. The van der Waals surface area contributed by atoms with Gasteiger partial charge in [0.15, 0.2) is 5.43 Å². The number of aromatic hydroxyl groups is 1. The molecule has 0 unspecified atom stereocenters. The van der Waals surface area contributed by atoms with Crippen molar-refractivity contribution >= 4 is 57.3 Å². The summed E-state index contributed by atoms with van der Waals surface area (Å²) in [7, 11) is 0. The number of carbonyl (C=O) groups excluding carboxylic acids is 2. The molecule has 8 rings (SSSR count). The van der Waals surface area contributed by atoms with Gasteiger partial charge in [-0.2, -0.15) is 0 Å². The van der Waals surface area contributed by atoms with Gasteiger partial charge in [-0.3, -0.25) is 14.4 Å². The molecule has 5 aromatic rings. The van der Waals surface area contributed by atoms with E-state index >= 15 is 0 Å². The Labute approximate surface area is 366 Å². The first-order valence-corrected chi connectivity index (χ1v) is 21.2. The third-order valence-electron chi connectivity index (χ3n) is 11.7. The molecule has 2 amide bonds. The molecule has 15 heteroatoms. The lowest BCUT2D eigenvalue weighted by atomic mass is 9.89. The van der Waals surface area contributed by atoms with Gasteiger partial charge >= 0.3 is 5.97 Å². The Kier molecular flexibility index (Phi) is 12.5. The molecule has 0 atom stereocenters. The van der Waals surface area contributed by atoms with Crippen molar-refractivity contribution in [3.05, 3.63) is 133 Å². The third kappa shape index (κ3) is 9.09. The monoisotopic (exact) mass is 872 g/mol. The number of carboxylic acid groups (broad SMARTS) is 1. The number of nitrogens with zero attached hydrogens (tertiary/aromatic N) is 3. The van der Waals surface area contributed by atoms with Crippen molar-refractivity contribution in [2.75, 3.05) is 37.6 Å². The zero-order chi connectivity index (χ0) is 44.4. The Hall–Kier alpha value is -6.77. The zero-order valence-corrected chi connectivity index (χ0v) is 35.6. The molecule has 0 spiro atoms. The second-order valence-electron chi connectivity index (χ2n) is 15.9. The number of nitrogens with one attached hydrogen (secondary N) is 3. The van der Waals surface area contributed by atoms with E-state index in [0.29, 0.717) is 61.8 Å². The van der Waals surface area contributed by atoms with Crippen LogP contribution in [-0.4, -0.2) is 70.3 Å². The number of benzene rings is 5. The Balaban J connectivity index is 0.906. The second-order valence-corrected chi connectivity index (χ2v) is 16.3. The fourth-order valence-electron chi connectivity index (χ4n) is 8.24. The summed E-state index contributed by atoms with van der Waals surface area (Å²) in [4.78, 5) is 58.7. The van der Waals surface area contributed by atoms with Gasteiger partial charge in [0, 0.05) is 85.5 Å². The number of unbranched alkanes of at least 4 members (excludes halogenated alkanes) is 2. The zero-order valence-electron chi connectivity index (χ0n) is 34.8. The first-order valence-electron chi connectivity index (χ1n) is 20.9. The van der Waals surface area contributed by atoms with Gasteiger partial charge in [0.1, 0.15) is 22.9 Å². The minimum Gasteiger partial charge on any atom is -0.508 e. The van der Waals surface area contributed by atoms with Crippen LogP contribution in [0.25, 0.3) is 44.5 Å². The number of hydrogen-bond acceptors (Lipinski definition) is 9. The van der Waals surface area contributed by atoms with Crippen LogP contribution in [0, 0.1) is 19.7 Å². The number of anilines is 1. The smallest absolute Gasteiger partial charge is 0.336 e. The number of aromatic nitrogens is 2. The van der Waals surface area contributed by atoms with Crippen molar-refractivity contribution < 1.29 is 33.4 Å². The number of carboxylic acids is 1. The molecule has 0 bridgehead atoms. The summed E-state index contributed by atoms with van der Waals surface area (Å²) in [6, 6.07) is 19.8. The quantitative estimate of drug-likeness (QED) is 0.0535. The molecule has 1 saturated heterocycles. The van der Waals surface area contributed by atoms with E-state index in [2.05, 4.69) is 31.5 Å². The lowest BCUT2D eigenvalue weighted by Crippen LogP contribution is -2.44. The molecular formula is C48H46ClFN6O7. The van der Waals surface area contributed by atoms with Crippen LogP contribution in [0.2, 0.25) is 5.02 Å². The molecule has 2 aliphatic heterocycles. The minimum absolute atomic E-state index is 0.0536. The van der Waals surface area contributed by atoms with Gasteiger partial charge in [0.2, 0.25) is 11.9 Å². The molecule has 3 aliphatic rings. The number of phenolic OH excluding ortho intramolecular Hbond substituents is 1. The predicted molar refractivity (Wildman–Crippen MR) is 241 cm³/mol. The Morgan fingerprint density at radius 3 is 2.51 bits per heavy atom. The van der Waals surface area contributed by atoms with Crippen molar-refractivity contribution in [1.82, 2.24) is 25.5 Å². The highest BCUT2D eigenvalue weighted by atomic mass is 35.5. The van der Waals surface area contributed by atoms with Crippen LogP contribution in [0.15, 0.2) is 88.1 Å². The first-order chi connectivity index (χ1) is 30.4. The molecule has 1 aromatic heterocycles. The lowest BCUT2D eigenvalue weighted by Gasteiger charge is -2.29. The number of imidazole rings is 1. The summed E-state index contributed by atoms with van der Waals surface area (Å²) in [5.41, 5.74) is 6.90. The summed E-state index contributed by atoms with van der Waals surface area (Å²) in [5, 5.41) is 30.3. The highest BCUT2D eigenvalue weighted by Crippen LogP contribution is 2.42. The van der Waals surface area contributed by atoms with E-state index in [1.54, 1.807) is 24.3 Å². The van der Waals surface area contributed by atoms with Crippen molar-refractivity contribution in [1.29, 1.82) is 0 Å². The summed E-state index contributed by atoms with van der Waals surface area (Å²) < 4.78 is 22.1. The molecular weight excluding hydrogens is 827 g/mol. The normalized spacial score (nSPS) is 12.9. The van der Waals surface area contributed by atoms with Gasteiger partial charge in [-0.15, -0.1) is 0 Å². The van der Waals surface area contributed by atoms with Gasteiger partial charge < -0.3 is 40.0 Å². The second kappa shape index (κ2) is 18.3. The van der Waals surface area contributed by atoms with E-state index in [-0.39, 0.29) is 50.1 Å². The number of carbonyl (C=O) groups is 3. The van der Waals surface area contributed by atoms with Crippen LogP contribution < -0.4 is 26.3 Å². The summed E-state index contributed by atoms with van der Waals surface area (Å²) in [6.45, 7) is 8.36. The largest absolute Gasteiger partial charge is 0.508 e. The first kappa shape index (κ1) is 42.9. The molecule has 3 heterocycles. The van der Waals surface area contributed by atoms with Crippen molar-refractivity contribution in [3.8, 4) is 28.2 Å². The van der Waals surface area contributed by atoms with Gasteiger partial charge in [-0.1, -0.05) is 24.1 Å². The molecule has 13 nitrogen and oxygen atoms in total. The molecule has 5 N–H and O–H groups in total. The molecule has 0 saturated carbocycles. The average molecular weight is 873 g/mol. The van der Waals surface area contributed by atoms with Gasteiger partial charge in [0.25, 0.3) is 5.91 Å².